The molecule has 0 saturated carbocycles. The standard InChI is InChI=1S/C21H24BrClN8O/c1-13-11-26-15(14(2)16(13)22)12-31-19-17(18(23)27-20(24)28-19)30(21(31)32)10-6-25-5-9-29-7-3-4-8-29/h3-4,7-8,11,25H,5-6,9-10,12H2,1-2H3,(H2,24,27,28). The summed E-state index contributed by atoms with van der Waals surface area (Å²) < 4.78 is 6.21. The normalized spacial score (nSPS) is 11.5. The van der Waals surface area contributed by atoms with E-state index in [0.717, 1.165) is 34.4 Å². The molecule has 4 aromatic heterocycles. The maximum atomic E-state index is 13.4. The van der Waals surface area contributed by atoms with Gasteiger partial charge in [0.25, 0.3) is 0 Å². The van der Waals surface area contributed by atoms with Crippen molar-refractivity contribution in [3.05, 3.63) is 67.7 Å². The highest BCUT2D eigenvalue weighted by Crippen LogP contribution is 2.25. The summed E-state index contributed by atoms with van der Waals surface area (Å²) in [6, 6.07) is 3.98. The first kappa shape index (κ1) is 22.5. The third-order valence-corrected chi connectivity index (χ3v) is 6.87. The fourth-order valence-electron chi connectivity index (χ4n) is 3.64. The van der Waals surface area contributed by atoms with Crippen LogP contribution in [0.2, 0.25) is 5.15 Å². The summed E-state index contributed by atoms with van der Waals surface area (Å²) in [5.74, 6) is 0.0213. The van der Waals surface area contributed by atoms with E-state index in [0.29, 0.717) is 24.3 Å². The minimum absolute atomic E-state index is 0.0213. The fourth-order valence-corrected chi connectivity index (χ4v) is 4.24. The molecule has 0 bridgehead atoms. The Bertz CT molecular complexity index is 1310. The molecule has 0 atom stereocenters. The van der Waals surface area contributed by atoms with E-state index in [4.69, 9.17) is 17.3 Å². The average Bonchev–Trinajstić information content (AvgIpc) is 3.36. The molecule has 4 heterocycles. The third kappa shape index (κ3) is 4.43. The van der Waals surface area contributed by atoms with Gasteiger partial charge in [0.05, 0.1) is 12.2 Å². The molecule has 4 aromatic rings. The number of nitrogens with two attached hydrogens (primary N) is 1. The number of fused-ring (bicyclic) bond motifs is 1. The molecule has 32 heavy (non-hydrogen) atoms. The lowest BCUT2D eigenvalue weighted by molar-refractivity contribution is 0.551. The van der Waals surface area contributed by atoms with Crippen molar-refractivity contribution in [1.82, 2.24) is 34.0 Å². The van der Waals surface area contributed by atoms with Gasteiger partial charge in [0, 0.05) is 49.2 Å². The molecule has 0 aliphatic carbocycles. The van der Waals surface area contributed by atoms with Crippen LogP contribution in [0.5, 0.6) is 0 Å². The van der Waals surface area contributed by atoms with Crippen molar-refractivity contribution in [3.63, 3.8) is 0 Å². The molecule has 0 aromatic carbocycles. The van der Waals surface area contributed by atoms with Gasteiger partial charge in [-0.1, -0.05) is 27.5 Å². The molecule has 0 spiro atoms. The number of imidazole rings is 1. The van der Waals surface area contributed by atoms with Gasteiger partial charge >= 0.3 is 5.69 Å². The Balaban J connectivity index is 1.62. The van der Waals surface area contributed by atoms with Gasteiger partial charge in [-0.25, -0.2) is 4.79 Å². The zero-order chi connectivity index (χ0) is 22.8. The Hall–Kier alpha value is -2.69. The second-order valence-electron chi connectivity index (χ2n) is 7.56. The molecule has 0 unspecified atom stereocenters. The van der Waals surface area contributed by atoms with Gasteiger partial charge in [0.1, 0.15) is 5.52 Å². The van der Waals surface area contributed by atoms with Crippen LogP contribution in [0.25, 0.3) is 11.2 Å². The Morgan fingerprint density at radius 1 is 1.12 bits per heavy atom. The minimum Gasteiger partial charge on any atom is -0.368 e. The molecule has 0 radical (unpaired) electrons. The highest BCUT2D eigenvalue weighted by molar-refractivity contribution is 9.10. The number of nitrogen functional groups attached to an aromatic ring is 1. The molecule has 4 rings (SSSR count). The van der Waals surface area contributed by atoms with Crippen LogP contribution in [-0.2, 0) is 19.6 Å². The number of anilines is 1. The summed E-state index contributed by atoms with van der Waals surface area (Å²) in [6.07, 6.45) is 5.81. The van der Waals surface area contributed by atoms with Gasteiger partial charge in [-0.15, -0.1) is 0 Å². The molecule has 0 saturated heterocycles. The molecule has 0 fully saturated rings. The largest absolute Gasteiger partial charge is 0.368 e. The molecule has 3 N–H and O–H groups in total. The lowest BCUT2D eigenvalue weighted by Crippen LogP contribution is -2.30. The topological polar surface area (TPSA) is 109 Å². The van der Waals surface area contributed by atoms with Crippen molar-refractivity contribution in [2.75, 3.05) is 18.8 Å². The Morgan fingerprint density at radius 3 is 2.59 bits per heavy atom. The predicted octanol–water partition coefficient (Wildman–Crippen LogP) is 2.74. The number of halogens is 2. The second-order valence-corrected chi connectivity index (χ2v) is 8.71. The highest BCUT2D eigenvalue weighted by Gasteiger charge is 2.20. The summed E-state index contributed by atoms with van der Waals surface area (Å²) in [6.45, 7) is 6.83. The Labute approximate surface area is 198 Å². The van der Waals surface area contributed by atoms with Crippen molar-refractivity contribution in [2.45, 2.75) is 33.5 Å². The number of rotatable bonds is 8. The molecular formula is C21H24BrClN8O. The van der Waals surface area contributed by atoms with E-state index in [1.165, 1.54) is 0 Å². The number of hydrogen-bond donors (Lipinski definition) is 2. The number of hydrogen-bond acceptors (Lipinski definition) is 6. The molecule has 0 aliphatic rings. The summed E-state index contributed by atoms with van der Waals surface area (Å²) >= 11 is 9.98. The van der Waals surface area contributed by atoms with Crippen molar-refractivity contribution in [1.29, 1.82) is 0 Å². The van der Waals surface area contributed by atoms with E-state index in [9.17, 15) is 4.79 Å². The Morgan fingerprint density at radius 2 is 1.84 bits per heavy atom. The van der Waals surface area contributed by atoms with Crippen molar-refractivity contribution >= 4 is 44.6 Å². The monoisotopic (exact) mass is 518 g/mol. The maximum Gasteiger partial charge on any atom is 0.330 e. The van der Waals surface area contributed by atoms with Gasteiger partial charge < -0.3 is 15.6 Å². The van der Waals surface area contributed by atoms with Crippen molar-refractivity contribution in [2.24, 2.45) is 0 Å². The number of aromatic nitrogens is 6. The maximum absolute atomic E-state index is 13.4. The van der Waals surface area contributed by atoms with Gasteiger partial charge in [-0.05, 0) is 37.1 Å². The molecule has 0 aliphatic heterocycles. The van der Waals surface area contributed by atoms with Crippen LogP contribution in [-0.4, -0.2) is 41.7 Å². The average molecular weight is 520 g/mol. The van der Waals surface area contributed by atoms with Gasteiger partial charge in [-0.3, -0.25) is 14.1 Å². The fraction of sp³-hybridized carbons (Fsp3) is 0.333. The van der Waals surface area contributed by atoms with E-state index < -0.39 is 0 Å². The number of pyridine rings is 1. The molecular weight excluding hydrogens is 496 g/mol. The number of nitrogens with zero attached hydrogens (tertiary/aromatic N) is 6. The zero-order valence-corrected chi connectivity index (χ0v) is 20.2. The molecule has 11 heteroatoms. The second kappa shape index (κ2) is 9.43. The van der Waals surface area contributed by atoms with E-state index in [1.54, 1.807) is 15.3 Å². The summed E-state index contributed by atoms with van der Waals surface area (Å²) in [4.78, 5) is 26.3. The van der Waals surface area contributed by atoms with Crippen LogP contribution in [0.15, 0.2) is 40.0 Å². The van der Waals surface area contributed by atoms with E-state index >= 15 is 0 Å². The van der Waals surface area contributed by atoms with Crippen LogP contribution in [0.1, 0.15) is 16.8 Å². The van der Waals surface area contributed by atoms with Gasteiger partial charge in [0.15, 0.2) is 10.8 Å². The quantitative estimate of drug-likeness (QED) is 0.274. The minimum atomic E-state index is -0.230. The smallest absolute Gasteiger partial charge is 0.330 e. The Kier molecular flexibility index (Phi) is 6.63. The SMILES string of the molecule is Cc1cnc(Cn2c(=O)n(CCNCCn3cccc3)c3c(Cl)nc(N)nc32)c(C)c1Br. The molecule has 9 nitrogen and oxygen atoms in total. The van der Waals surface area contributed by atoms with Crippen molar-refractivity contribution in [3.8, 4) is 0 Å². The lowest BCUT2D eigenvalue weighted by atomic mass is 10.1. The first-order chi connectivity index (χ1) is 15.4. The van der Waals surface area contributed by atoms with Crippen LogP contribution >= 0.6 is 27.5 Å². The van der Waals surface area contributed by atoms with E-state index in [-0.39, 0.29) is 23.3 Å². The van der Waals surface area contributed by atoms with E-state index in [1.807, 2.05) is 38.4 Å². The predicted molar refractivity (Wildman–Crippen MR) is 129 cm³/mol. The number of nitrogens with one attached hydrogen (secondary N) is 1. The lowest BCUT2D eigenvalue weighted by Gasteiger charge is -2.09. The number of aryl methyl sites for hydroxylation is 1. The first-order valence-corrected chi connectivity index (χ1v) is 11.4. The highest BCUT2D eigenvalue weighted by atomic mass is 79.9. The first-order valence-electron chi connectivity index (χ1n) is 10.2. The summed E-state index contributed by atoms with van der Waals surface area (Å²) in [5.41, 5.74) is 9.25. The van der Waals surface area contributed by atoms with Crippen LogP contribution in [0, 0.1) is 13.8 Å². The summed E-state index contributed by atoms with van der Waals surface area (Å²) in [5, 5.41) is 3.52. The van der Waals surface area contributed by atoms with Crippen molar-refractivity contribution < 1.29 is 0 Å². The van der Waals surface area contributed by atoms with Crippen LogP contribution < -0.4 is 16.7 Å². The zero-order valence-electron chi connectivity index (χ0n) is 17.8. The molecule has 0 amide bonds. The van der Waals surface area contributed by atoms with Gasteiger partial charge in [0.2, 0.25) is 5.95 Å². The van der Waals surface area contributed by atoms with Crippen LogP contribution in [0.3, 0.4) is 0 Å². The van der Waals surface area contributed by atoms with Crippen LogP contribution in [0.4, 0.5) is 5.95 Å². The molecule has 168 valence electrons. The summed E-state index contributed by atoms with van der Waals surface area (Å²) in [7, 11) is 0. The van der Waals surface area contributed by atoms with E-state index in [2.05, 4.69) is 40.8 Å². The van der Waals surface area contributed by atoms with Gasteiger partial charge in [-0.2, -0.15) is 9.97 Å². The third-order valence-electron chi connectivity index (χ3n) is 5.38.